The van der Waals surface area contributed by atoms with Gasteiger partial charge in [-0.15, -0.1) is 0 Å². The van der Waals surface area contributed by atoms with Crippen molar-refractivity contribution in [3.63, 3.8) is 0 Å². The molecule has 0 amide bonds. The summed E-state index contributed by atoms with van der Waals surface area (Å²) in [5.41, 5.74) is 3.75. The molecule has 2 aromatic heterocycles. The number of nitrogens with one attached hydrogen (secondary N) is 1. The Morgan fingerprint density at radius 3 is 2.75 bits per heavy atom. The van der Waals surface area contributed by atoms with Crippen molar-refractivity contribution in [3.8, 4) is 0 Å². The first-order chi connectivity index (χ1) is 9.78. The van der Waals surface area contributed by atoms with E-state index >= 15 is 0 Å². The molecule has 1 N–H and O–H groups in total. The number of hydrogen-bond donors (Lipinski definition) is 1. The van der Waals surface area contributed by atoms with Gasteiger partial charge in [0.1, 0.15) is 0 Å². The number of nitrogens with zero attached hydrogens (tertiary/aromatic N) is 2. The Kier molecular flexibility index (Phi) is 6.18. The largest absolute Gasteiger partial charge is 0.313 e. The zero-order chi connectivity index (χ0) is 14.2. The lowest BCUT2D eigenvalue weighted by Gasteiger charge is -2.15. The molecule has 0 fully saturated rings. The van der Waals surface area contributed by atoms with Crippen LogP contribution in [-0.4, -0.2) is 23.5 Å². The summed E-state index contributed by atoms with van der Waals surface area (Å²) in [4.78, 5) is 6.84. The fraction of sp³-hybridized carbons (Fsp3) is 0.438. The maximum atomic E-state index is 4.55. The molecule has 0 aromatic carbocycles. The second-order valence-electron chi connectivity index (χ2n) is 5.14. The van der Waals surface area contributed by atoms with Gasteiger partial charge in [0.2, 0.25) is 0 Å². The molecule has 0 aliphatic carbocycles. The van der Waals surface area contributed by atoms with Gasteiger partial charge in [0.25, 0.3) is 0 Å². The molecule has 0 saturated carbocycles. The fourth-order valence-electron chi connectivity index (χ4n) is 2.09. The predicted octanol–water partition coefficient (Wildman–Crippen LogP) is 3.27. The summed E-state index contributed by atoms with van der Waals surface area (Å²) in [5, 5.41) is 7.72. The highest BCUT2D eigenvalue weighted by Gasteiger charge is 2.03. The van der Waals surface area contributed by atoms with Gasteiger partial charge >= 0.3 is 0 Å². The van der Waals surface area contributed by atoms with Gasteiger partial charge in [0.15, 0.2) is 0 Å². The van der Waals surface area contributed by atoms with Crippen LogP contribution in [0.15, 0.2) is 35.2 Å². The van der Waals surface area contributed by atoms with Crippen molar-refractivity contribution in [1.82, 2.24) is 15.2 Å². The highest BCUT2D eigenvalue weighted by Crippen LogP contribution is 2.10. The first kappa shape index (κ1) is 15.2. The van der Waals surface area contributed by atoms with Crippen molar-refractivity contribution in [2.75, 3.05) is 13.6 Å². The molecule has 0 saturated heterocycles. The molecule has 108 valence electrons. The van der Waals surface area contributed by atoms with Crippen LogP contribution in [0.5, 0.6) is 0 Å². The quantitative estimate of drug-likeness (QED) is 0.756. The van der Waals surface area contributed by atoms with Crippen LogP contribution < -0.4 is 5.32 Å². The number of rotatable bonds is 8. The van der Waals surface area contributed by atoms with Crippen molar-refractivity contribution < 1.29 is 0 Å². The Bertz CT molecular complexity index is 479. The summed E-state index contributed by atoms with van der Waals surface area (Å²) in [7, 11) is 2.13. The van der Waals surface area contributed by atoms with E-state index in [1.54, 1.807) is 11.3 Å². The number of thiophene rings is 1. The molecule has 0 unspecified atom stereocenters. The van der Waals surface area contributed by atoms with Crippen molar-refractivity contribution >= 4 is 11.3 Å². The first-order valence-electron chi connectivity index (χ1n) is 7.12. The number of aromatic nitrogens is 1. The summed E-state index contributed by atoms with van der Waals surface area (Å²) in [5.74, 6) is 0. The highest BCUT2D eigenvalue weighted by molar-refractivity contribution is 7.07. The molecule has 3 nitrogen and oxygen atoms in total. The summed E-state index contributed by atoms with van der Waals surface area (Å²) in [6.07, 6.45) is 3.15. The van der Waals surface area contributed by atoms with E-state index in [-0.39, 0.29) is 0 Å². The van der Waals surface area contributed by atoms with Gasteiger partial charge < -0.3 is 5.32 Å². The molecule has 20 heavy (non-hydrogen) atoms. The SMILES string of the molecule is CCCNCc1ccc(CN(C)Cc2ccsc2)nc1. The smallest absolute Gasteiger partial charge is 0.0544 e. The van der Waals surface area contributed by atoms with Crippen LogP contribution in [0.4, 0.5) is 0 Å². The van der Waals surface area contributed by atoms with Crippen molar-refractivity contribution in [2.45, 2.75) is 33.0 Å². The van der Waals surface area contributed by atoms with Crippen LogP contribution >= 0.6 is 11.3 Å². The van der Waals surface area contributed by atoms with Crippen molar-refractivity contribution in [2.24, 2.45) is 0 Å². The number of pyridine rings is 1. The van der Waals surface area contributed by atoms with Gasteiger partial charge in [-0.3, -0.25) is 9.88 Å². The third-order valence-corrected chi connectivity index (χ3v) is 3.84. The highest BCUT2D eigenvalue weighted by atomic mass is 32.1. The van der Waals surface area contributed by atoms with E-state index in [0.717, 1.165) is 31.9 Å². The molecule has 4 heteroatoms. The Morgan fingerprint density at radius 1 is 1.20 bits per heavy atom. The molecule has 0 aliphatic rings. The van der Waals surface area contributed by atoms with E-state index in [0.29, 0.717) is 0 Å². The third kappa shape index (κ3) is 5.04. The molecule has 2 aromatic rings. The van der Waals surface area contributed by atoms with Crippen LogP contribution in [0.1, 0.15) is 30.2 Å². The minimum atomic E-state index is 0.887. The van der Waals surface area contributed by atoms with Crippen LogP contribution in [0, 0.1) is 0 Å². The predicted molar refractivity (Wildman–Crippen MR) is 85.7 cm³/mol. The zero-order valence-electron chi connectivity index (χ0n) is 12.3. The fourth-order valence-corrected chi connectivity index (χ4v) is 2.75. The van der Waals surface area contributed by atoms with E-state index in [1.165, 1.54) is 17.5 Å². The molecule has 0 radical (unpaired) electrons. The lowest BCUT2D eigenvalue weighted by molar-refractivity contribution is 0.315. The average molecular weight is 289 g/mol. The van der Waals surface area contributed by atoms with Gasteiger partial charge in [-0.1, -0.05) is 13.0 Å². The Balaban J connectivity index is 1.80. The molecule has 0 atom stereocenters. The van der Waals surface area contributed by atoms with Gasteiger partial charge in [-0.05, 0) is 54.0 Å². The summed E-state index contributed by atoms with van der Waals surface area (Å²) in [6, 6.07) is 6.48. The maximum Gasteiger partial charge on any atom is 0.0544 e. The molecule has 2 rings (SSSR count). The molecule has 0 aliphatic heterocycles. The summed E-state index contributed by atoms with van der Waals surface area (Å²) >= 11 is 1.75. The van der Waals surface area contributed by atoms with Crippen molar-refractivity contribution in [3.05, 3.63) is 52.0 Å². The molecular formula is C16H23N3S. The van der Waals surface area contributed by atoms with Gasteiger partial charge in [-0.2, -0.15) is 11.3 Å². The van der Waals surface area contributed by atoms with E-state index in [1.807, 2.05) is 6.20 Å². The normalized spacial score (nSPS) is 11.2. The summed E-state index contributed by atoms with van der Waals surface area (Å²) in [6.45, 7) is 6.01. The molecule has 0 bridgehead atoms. The van der Waals surface area contributed by atoms with Crippen LogP contribution in [0.3, 0.4) is 0 Å². The lowest BCUT2D eigenvalue weighted by Crippen LogP contribution is -2.18. The topological polar surface area (TPSA) is 28.2 Å². The first-order valence-corrected chi connectivity index (χ1v) is 8.06. The minimum Gasteiger partial charge on any atom is -0.313 e. The van der Waals surface area contributed by atoms with Crippen LogP contribution in [0.2, 0.25) is 0 Å². The monoisotopic (exact) mass is 289 g/mol. The van der Waals surface area contributed by atoms with E-state index < -0.39 is 0 Å². The zero-order valence-corrected chi connectivity index (χ0v) is 13.1. The Morgan fingerprint density at radius 2 is 2.10 bits per heavy atom. The Hall–Kier alpha value is -1.23. The molecule has 0 spiro atoms. The third-order valence-electron chi connectivity index (χ3n) is 3.11. The van der Waals surface area contributed by atoms with Gasteiger partial charge in [0, 0.05) is 25.8 Å². The van der Waals surface area contributed by atoms with Crippen LogP contribution in [-0.2, 0) is 19.6 Å². The maximum absolute atomic E-state index is 4.55. The van der Waals surface area contributed by atoms with E-state index in [9.17, 15) is 0 Å². The molecule has 2 heterocycles. The average Bonchev–Trinajstić information content (AvgIpc) is 2.94. The second kappa shape index (κ2) is 8.15. The standard InChI is InChI=1S/C16H23N3S/c1-3-7-17-9-14-4-5-16(18-10-14)12-19(2)11-15-6-8-20-13-15/h4-6,8,10,13,17H,3,7,9,11-12H2,1-2H3. The minimum absolute atomic E-state index is 0.887. The van der Waals surface area contributed by atoms with E-state index in [2.05, 4.69) is 58.1 Å². The lowest BCUT2D eigenvalue weighted by atomic mass is 10.2. The van der Waals surface area contributed by atoms with Crippen LogP contribution in [0.25, 0.3) is 0 Å². The van der Waals surface area contributed by atoms with Crippen molar-refractivity contribution in [1.29, 1.82) is 0 Å². The number of hydrogen-bond acceptors (Lipinski definition) is 4. The molecular weight excluding hydrogens is 266 g/mol. The van der Waals surface area contributed by atoms with Gasteiger partial charge in [0.05, 0.1) is 5.69 Å². The second-order valence-corrected chi connectivity index (χ2v) is 5.92. The summed E-state index contributed by atoms with van der Waals surface area (Å²) < 4.78 is 0. The van der Waals surface area contributed by atoms with Gasteiger partial charge in [-0.25, -0.2) is 0 Å². The Labute approximate surface area is 125 Å². The van der Waals surface area contributed by atoms with E-state index in [4.69, 9.17) is 0 Å².